The van der Waals surface area contributed by atoms with Gasteiger partial charge in [-0.05, 0) is 51.1 Å². The van der Waals surface area contributed by atoms with Crippen LogP contribution in [0, 0.1) is 0 Å². The summed E-state index contributed by atoms with van der Waals surface area (Å²) in [7, 11) is 1.58. The molecule has 1 aromatic heterocycles. The van der Waals surface area contributed by atoms with Crippen molar-refractivity contribution in [1.29, 1.82) is 0 Å². The molecule has 0 radical (unpaired) electrons. The highest BCUT2D eigenvalue weighted by molar-refractivity contribution is 9.10. The maximum Gasteiger partial charge on any atom is 0.269 e. The highest BCUT2D eigenvalue weighted by Crippen LogP contribution is 2.34. The Hall–Kier alpha value is -2.21. The zero-order chi connectivity index (χ0) is 20.4. The highest BCUT2D eigenvalue weighted by Gasteiger charge is 2.16. The second-order valence-electron chi connectivity index (χ2n) is 6.42. The number of ether oxygens (including phenoxy) is 1. The van der Waals surface area contributed by atoms with Gasteiger partial charge < -0.3 is 4.74 Å². The first-order chi connectivity index (χ1) is 14.1. The Labute approximate surface area is 186 Å². The molecule has 0 fully saturated rings. The molecule has 29 heavy (non-hydrogen) atoms. The molecular weight excluding hydrogens is 470 g/mol. The summed E-state index contributed by atoms with van der Waals surface area (Å²) >= 11 is 11.3. The fourth-order valence-corrected chi connectivity index (χ4v) is 4.59. The van der Waals surface area contributed by atoms with E-state index in [4.69, 9.17) is 16.3 Å². The molecule has 0 N–H and O–H groups in total. The largest absolute Gasteiger partial charge is 0.495 e. The smallest absolute Gasteiger partial charge is 0.269 e. The van der Waals surface area contributed by atoms with E-state index in [9.17, 15) is 4.79 Å². The summed E-state index contributed by atoms with van der Waals surface area (Å²) in [6, 6.07) is 23.4. The number of halogens is 2. The first-order valence-electron chi connectivity index (χ1n) is 8.93. The van der Waals surface area contributed by atoms with Crippen LogP contribution in [0.3, 0.4) is 0 Å². The summed E-state index contributed by atoms with van der Waals surface area (Å²) in [5, 5.41) is 1.49. The van der Waals surface area contributed by atoms with Crippen molar-refractivity contribution in [3.63, 3.8) is 0 Å². The van der Waals surface area contributed by atoms with E-state index in [2.05, 4.69) is 28.1 Å². The first kappa shape index (κ1) is 20.1. The quantitative estimate of drug-likeness (QED) is 0.294. The lowest BCUT2D eigenvalue weighted by Crippen LogP contribution is -2.21. The molecular formula is C23H17BrClNO2S. The number of hydrogen-bond donors (Lipinski definition) is 0. The van der Waals surface area contributed by atoms with Gasteiger partial charge >= 0.3 is 0 Å². The van der Waals surface area contributed by atoms with E-state index in [-0.39, 0.29) is 5.56 Å². The van der Waals surface area contributed by atoms with Crippen LogP contribution in [0.5, 0.6) is 5.75 Å². The van der Waals surface area contributed by atoms with E-state index >= 15 is 0 Å². The Morgan fingerprint density at radius 3 is 2.52 bits per heavy atom. The second-order valence-corrected chi connectivity index (χ2v) is 8.70. The lowest BCUT2D eigenvalue weighted by Gasteiger charge is -2.16. The van der Waals surface area contributed by atoms with Crippen molar-refractivity contribution in [2.45, 2.75) is 10.6 Å². The Bertz CT molecular complexity index is 1240. The van der Waals surface area contributed by atoms with E-state index in [1.165, 1.54) is 17.3 Å². The van der Waals surface area contributed by atoms with Crippen LogP contribution in [-0.2, 0) is 5.75 Å². The third kappa shape index (κ3) is 4.08. The predicted octanol–water partition coefficient (Wildman–Crippen LogP) is 6.71. The van der Waals surface area contributed by atoms with Crippen molar-refractivity contribution >= 4 is 50.2 Å². The number of fused-ring (bicyclic) bond motifs is 1. The number of para-hydroxylation sites is 1. The Morgan fingerprint density at radius 2 is 1.76 bits per heavy atom. The molecule has 0 unspecified atom stereocenters. The first-order valence-corrected chi connectivity index (χ1v) is 11.1. The lowest BCUT2D eigenvalue weighted by molar-refractivity contribution is 0.412. The molecule has 0 aliphatic rings. The van der Waals surface area contributed by atoms with E-state index in [1.807, 2.05) is 48.5 Å². The zero-order valence-corrected chi connectivity index (χ0v) is 18.7. The minimum Gasteiger partial charge on any atom is -0.495 e. The van der Waals surface area contributed by atoms with Crippen LogP contribution >= 0.6 is 39.3 Å². The maximum absolute atomic E-state index is 13.5. The Morgan fingerprint density at radius 1 is 1.03 bits per heavy atom. The standard InChI is InChI=1S/C23H17BrClNO2S/c1-28-21-12-17(24)18(25)13-20(21)26-19-10-6-5-9-16(19)11-22(23(26)27)29-14-15-7-3-2-4-8-15/h2-13H,14H2,1H3. The molecule has 1 heterocycles. The van der Waals surface area contributed by atoms with Gasteiger partial charge in [0.1, 0.15) is 5.75 Å². The number of pyridine rings is 1. The average molecular weight is 487 g/mol. The molecule has 4 rings (SSSR count). The summed E-state index contributed by atoms with van der Waals surface area (Å²) in [6.07, 6.45) is 0. The third-order valence-corrected chi connectivity index (χ3v) is 6.86. The minimum atomic E-state index is -0.0960. The van der Waals surface area contributed by atoms with Crippen molar-refractivity contribution in [2.24, 2.45) is 0 Å². The molecule has 3 aromatic carbocycles. The summed E-state index contributed by atoms with van der Waals surface area (Å²) in [5.41, 5.74) is 2.49. The fourth-order valence-electron chi connectivity index (χ4n) is 3.17. The maximum atomic E-state index is 13.5. The van der Waals surface area contributed by atoms with E-state index < -0.39 is 0 Å². The lowest BCUT2D eigenvalue weighted by atomic mass is 10.2. The summed E-state index contributed by atoms with van der Waals surface area (Å²) in [4.78, 5) is 14.2. The molecule has 0 spiro atoms. The summed E-state index contributed by atoms with van der Waals surface area (Å²) in [6.45, 7) is 0. The number of methoxy groups -OCH3 is 1. The van der Waals surface area contributed by atoms with Crippen LogP contribution in [0.2, 0.25) is 5.02 Å². The number of hydrogen-bond acceptors (Lipinski definition) is 3. The molecule has 3 nitrogen and oxygen atoms in total. The van der Waals surface area contributed by atoms with Gasteiger partial charge in [0.25, 0.3) is 5.56 Å². The second kappa shape index (κ2) is 8.66. The molecule has 0 amide bonds. The third-order valence-electron chi connectivity index (χ3n) is 4.58. The molecule has 0 saturated carbocycles. The molecule has 6 heteroatoms. The average Bonchev–Trinajstić information content (AvgIpc) is 2.75. The zero-order valence-electron chi connectivity index (χ0n) is 15.6. The summed E-state index contributed by atoms with van der Waals surface area (Å²) in [5.74, 6) is 1.28. The van der Waals surface area contributed by atoms with Crippen LogP contribution < -0.4 is 10.3 Å². The minimum absolute atomic E-state index is 0.0960. The number of nitrogens with zero attached hydrogens (tertiary/aromatic N) is 1. The van der Waals surface area contributed by atoms with Gasteiger partial charge in [-0.15, -0.1) is 11.8 Å². The van der Waals surface area contributed by atoms with Crippen LogP contribution in [0.4, 0.5) is 0 Å². The van der Waals surface area contributed by atoms with Crippen molar-refractivity contribution < 1.29 is 4.74 Å². The molecule has 0 aliphatic carbocycles. The fraction of sp³-hybridized carbons (Fsp3) is 0.0870. The molecule has 0 aliphatic heterocycles. The molecule has 0 saturated heterocycles. The van der Waals surface area contributed by atoms with Gasteiger partial charge in [0.2, 0.25) is 0 Å². The highest BCUT2D eigenvalue weighted by atomic mass is 79.9. The Balaban J connectivity index is 1.91. The van der Waals surface area contributed by atoms with Gasteiger partial charge in [-0.2, -0.15) is 0 Å². The van der Waals surface area contributed by atoms with E-state index in [0.717, 1.165) is 10.9 Å². The van der Waals surface area contributed by atoms with Crippen LogP contribution in [-0.4, -0.2) is 11.7 Å². The number of rotatable bonds is 5. The topological polar surface area (TPSA) is 31.2 Å². The van der Waals surface area contributed by atoms with Gasteiger partial charge in [0, 0.05) is 10.2 Å². The van der Waals surface area contributed by atoms with Crippen LogP contribution in [0.1, 0.15) is 5.56 Å². The monoisotopic (exact) mass is 485 g/mol. The normalized spacial score (nSPS) is 11.0. The molecule has 4 aromatic rings. The number of aromatic nitrogens is 1. The van der Waals surface area contributed by atoms with Crippen LogP contribution in [0.25, 0.3) is 16.6 Å². The number of benzene rings is 3. The van der Waals surface area contributed by atoms with Gasteiger partial charge in [0.05, 0.1) is 28.2 Å². The van der Waals surface area contributed by atoms with Crippen molar-refractivity contribution in [1.82, 2.24) is 4.57 Å². The predicted molar refractivity (Wildman–Crippen MR) is 125 cm³/mol. The molecule has 0 bridgehead atoms. The van der Waals surface area contributed by atoms with Gasteiger partial charge in [-0.3, -0.25) is 9.36 Å². The number of thioether (sulfide) groups is 1. The van der Waals surface area contributed by atoms with Gasteiger partial charge in [-0.1, -0.05) is 60.1 Å². The SMILES string of the molecule is COc1cc(Br)c(Cl)cc1-n1c(=O)c(SCc2ccccc2)cc2ccccc21. The van der Waals surface area contributed by atoms with Gasteiger partial charge in [0.15, 0.2) is 0 Å². The van der Waals surface area contributed by atoms with Crippen molar-refractivity contribution in [2.75, 3.05) is 7.11 Å². The van der Waals surface area contributed by atoms with Crippen molar-refractivity contribution in [3.05, 3.63) is 98.2 Å². The summed E-state index contributed by atoms with van der Waals surface area (Å²) < 4.78 is 7.95. The molecule has 0 atom stereocenters. The van der Waals surface area contributed by atoms with Crippen molar-refractivity contribution in [3.8, 4) is 11.4 Å². The van der Waals surface area contributed by atoms with E-state index in [1.54, 1.807) is 23.8 Å². The van der Waals surface area contributed by atoms with Gasteiger partial charge in [-0.25, -0.2) is 0 Å². The molecule has 146 valence electrons. The Kier molecular flexibility index (Phi) is 5.99. The van der Waals surface area contributed by atoms with E-state index in [0.29, 0.717) is 31.6 Å². The van der Waals surface area contributed by atoms with Crippen LogP contribution in [0.15, 0.2) is 87.0 Å².